The zero-order chi connectivity index (χ0) is 18.6. The van der Waals surface area contributed by atoms with E-state index in [-0.39, 0.29) is 16.6 Å². The molecular weight excluding hydrogens is 467 g/mol. The summed E-state index contributed by atoms with van der Waals surface area (Å²) in [5.41, 5.74) is -1.27. The number of nitrogens with zero attached hydrogens (tertiary/aromatic N) is 2. The average molecular weight is 485 g/mol. The highest BCUT2D eigenvalue weighted by molar-refractivity contribution is 14.1. The van der Waals surface area contributed by atoms with E-state index in [0.29, 0.717) is 6.42 Å². The van der Waals surface area contributed by atoms with Gasteiger partial charge in [-0.05, 0) is 29.0 Å². The lowest BCUT2D eigenvalue weighted by molar-refractivity contribution is -0.0268. The van der Waals surface area contributed by atoms with Gasteiger partial charge in [0, 0.05) is 12.9 Å². The minimum Gasteiger partial charge on any atom is -0.349 e. The molecule has 2 unspecified atom stereocenters. The molecule has 8 nitrogen and oxygen atoms in total. The molecule has 138 valence electrons. The van der Waals surface area contributed by atoms with E-state index in [1.807, 2.05) is 13.0 Å². The third-order valence-electron chi connectivity index (χ3n) is 3.62. The molecule has 5 atom stereocenters. The van der Waals surface area contributed by atoms with E-state index in [0.717, 1.165) is 4.57 Å². The molecule has 1 aliphatic rings. The molecule has 1 N–H and O–H groups in total. The van der Waals surface area contributed by atoms with Crippen LogP contribution in [-0.4, -0.2) is 41.2 Å². The van der Waals surface area contributed by atoms with Crippen molar-refractivity contribution < 1.29 is 18.2 Å². The Bertz CT molecular complexity index is 751. The third kappa shape index (κ3) is 4.86. The Morgan fingerprint density at radius 3 is 2.92 bits per heavy atom. The largest absolute Gasteiger partial charge is 0.349 e. The number of hydrogen-bond acceptors (Lipinski definition) is 6. The molecule has 0 aromatic carbocycles. The molecule has 0 aliphatic carbocycles. The molecule has 0 bridgehead atoms. The van der Waals surface area contributed by atoms with Gasteiger partial charge in [-0.15, -0.1) is 0 Å². The fraction of sp³-hybridized carbons (Fsp3) is 0.643. The summed E-state index contributed by atoms with van der Waals surface area (Å²) in [6.45, 7) is 3.71. The zero-order valence-electron chi connectivity index (χ0n) is 13.6. The molecule has 1 aliphatic heterocycles. The van der Waals surface area contributed by atoms with Gasteiger partial charge in [-0.2, -0.15) is 5.26 Å². The van der Waals surface area contributed by atoms with Crippen LogP contribution in [0.4, 0.5) is 4.39 Å². The van der Waals surface area contributed by atoms with Gasteiger partial charge in [0.05, 0.1) is 28.8 Å². The lowest BCUT2D eigenvalue weighted by Gasteiger charge is -2.22. The Balaban J connectivity index is 2.16. The third-order valence-corrected chi connectivity index (χ3v) is 5.48. The smallest absolute Gasteiger partial charge is 0.330 e. The highest BCUT2D eigenvalue weighted by Gasteiger charge is 2.47. The first-order chi connectivity index (χ1) is 11.9. The monoisotopic (exact) mass is 485 g/mol. The summed E-state index contributed by atoms with van der Waals surface area (Å²) in [4.78, 5) is 25.6. The number of halogens is 2. The maximum absolute atomic E-state index is 14.9. The Morgan fingerprint density at radius 2 is 2.28 bits per heavy atom. The Kier molecular flexibility index (Phi) is 7.51. The minimum atomic E-state index is -1.60. The SMILES string of the molecule is CC[C@H]1O[C@@H](n2cc(I)c(=O)[nH]c2=O)[C@@H](F)C1OP(C)OCCC#N. The number of aromatic amines is 1. The average Bonchev–Trinajstić information content (AvgIpc) is 2.87. The second-order valence-electron chi connectivity index (χ2n) is 5.31. The predicted molar refractivity (Wildman–Crippen MR) is 97.0 cm³/mol. The maximum Gasteiger partial charge on any atom is 0.330 e. The fourth-order valence-corrected chi connectivity index (χ4v) is 3.88. The Hall–Kier alpha value is -0.860. The Morgan fingerprint density at radius 1 is 1.56 bits per heavy atom. The second kappa shape index (κ2) is 9.19. The maximum atomic E-state index is 14.9. The van der Waals surface area contributed by atoms with Crippen molar-refractivity contribution in [2.24, 2.45) is 0 Å². The van der Waals surface area contributed by atoms with Crippen LogP contribution in [0.5, 0.6) is 0 Å². The van der Waals surface area contributed by atoms with Crippen LogP contribution < -0.4 is 11.2 Å². The van der Waals surface area contributed by atoms with Crippen LogP contribution in [0, 0.1) is 14.9 Å². The summed E-state index contributed by atoms with van der Waals surface area (Å²) < 4.78 is 32.9. The van der Waals surface area contributed by atoms with E-state index in [4.69, 9.17) is 19.0 Å². The Labute approximate surface area is 158 Å². The van der Waals surface area contributed by atoms with Crippen molar-refractivity contribution in [3.8, 4) is 6.07 Å². The fourth-order valence-electron chi connectivity index (χ4n) is 2.44. The minimum absolute atomic E-state index is 0.209. The molecule has 0 radical (unpaired) electrons. The van der Waals surface area contributed by atoms with Crippen molar-refractivity contribution in [2.45, 2.75) is 44.4 Å². The van der Waals surface area contributed by atoms with Gasteiger partial charge in [0.2, 0.25) is 0 Å². The predicted octanol–water partition coefficient (Wildman–Crippen LogP) is 2.04. The summed E-state index contributed by atoms with van der Waals surface area (Å²) >= 11 is 1.76. The number of hydrogen-bond donors (Lipinski definition) is 1. The lowest BCUT2D eigenvalue weighted by Crippen LogP contribution is -2.37. The van der Waals surface area contributed by atoms with Crippen LogP contribution in [0.15, 0.2) is 15.8 Å². The van der Waals surface area contributed by atoms with Crippen molar-refractivity contribution in [1.82, 2.24) is 9.55 Å². The van der Waals surface area contributed by atoms with Crippen LogP contribution in [0.1, 0.15) is 26.0 Å². The summed E-state index contributed by atoms with van der Waals surface area (Å²) in [6.07, 6.45) is -2.26. The number of alkyl halides is 1. The van der Waals surface area contributed by atoms with Crippen molar-refractivity contribution in [2.75, 3.05) is 13.3 Å². The van der Waals surface area contributed by atoms with E-state index >= 15 is 0 Å². The number of nitriles is 1. The summed E-state index contributed by atoms with van der Waals surface area (Å²) in [7, 11) is -1.39. The van der Waals surface area contributed by atoms with Gasteiger partial charge in [0.1, 0.15) is 6.10 Å². The summed E-state index contributed by atoms with van der Waals surface area (Å²) in [5, 5.41) is 8.51. The molecule has 2 rings (SSSR count). The van der Waals surface area contributed by atoms with Gasteiger partial charge >= 0.3 is 5.69 Å². The van der Waals surface area contributed by atoms with E-state index < -0.39 is 44.2 Å². The molecule has 1 aromatic rings. The van der Waals surface area contributed by atoms with E-state index in [2.05, 4.69) is 4.98 Å². The van der Waals surface area contributed by atoms with E-state index in [9.17, 15) is 14.0 Å². The van der Waals surface area contributed by atoms with E-state index in [1.54, 1.807) is 29.3 Å². The van der Waals surface area contributed by atoms with Crippen LogP contribution in [-0.2, 0) is 13.8 Å². The summed E-state index contributed by atoms with van der Waals surface area (Å²) in [6, 6.07) is 1.95. The number of nitrogens with one attached hydrogen (secondary N) is 1. The highest BCUT2D eigenvalue weighted by Crippen LogP contribution is 2.43. The highest BCUT2D eigenvalue weighted by atomic mass is 127. The van der Waals surface area contributed by atoms with Gasteiger partial charge in [0.15, 0.2) is 20.8 Å². The van der Waals surface area contributed by atoms with Crippen molar-refractivity contribution in [3.05, 3.63) is 30.6 Å². The van der Waals surface area contributed by atoms with Crippen LogP contribution in [0.2, 0.25) is 0 Å². The van der Waals surface area contributed by atoms with Crippen molar-refractivity contribution >= 4 is 31.0 Å². The standard InChI is InChI=1S/C14H18FIN3O5P/c1-3-9-11(24-25(2)22-6-4-5-17)10(15)13(23-9)19-7-8(16)12(20)18-14(19)21/h7,9-11,13H,3-4,6H2,1-2H3,(H,18,20,21)/t9-,10+,11?,13-,25?/m1/s1. The molecule has 0 saturated carbocycles. The van der Waals surface area contributed by atoms with E-state index in [1.165, 1.54) is 6.20 Å². The van der Waals surface area contributed by atoms with Crippen LogP contribution in [0.25, 0.3) is 0 Å². The lowest BCUT2D eigenvalue weighted by atomic mass is 10.1. The molecule has 1 aromatic heterocycles. The van der Waals surface area contributed by atoms with Gasteiger partial charge in [0.25, 0.3) is 5.56 Å². The van der Waals surface area contributed by atoms with Crippen LogP contribution in [0.3, 0.4) is 0 Å². The number of H-pyrrole nitrogens is 1. The first kappa shape index (κ1) is 20.5. The zero-order valence-corrected chi connectivity index (χ0v) is 16.7. The molecule has 1 fully saturated rings. The molecule has 0 amide bonds. The first-order valence-corrected chi connectivity index (χ1v) is 10.3. The normalized spacial score (nSPS) is 27.2. The first-order valence-electron chi connectivity index (χ1n) is 7.59. The quantitative estimate of drug-likeness (QED) is 0.360. The molecular formula is C14H18FIN3O5P. The van der Waals surface area contributed by atoms with Crippen molar-refractivity contribution in [1.29, 1.82) is 5.26 Å². The van der Waals surface area contributed by atoms with Crippen LogP contribution >= 0.6 is 31.0 Å². The topological polar surface area (TPSA) is 106 Å². The molecule has 0 spiro atoms. The molecule has 1 saturated heterocycles. The van der Waals surface area contributed by atoms with Gasteiger partial charge in [-0.1, -0.05) is 6.92 Å². The number of aromatic nitrogens is 2. The second-order valence-corrected chi connectivity index (χ2v) is 7.82. The number of rotatable bonds is 7. The number of ether oxygens (including phenoxy) is 1. The molecule has 25 heavy (non-hydrogen) atoms. The molecule has 2 heterocycles. The van der Waals surface area contributed by atoms with Gasteiger partial charge < -0.3 is 13.8 Å². The molecule has 11 heteroatoms. The van der Waals surface area contributed by atoms with Gasteiger partial charge in [-0.25, -0.2) is 9.18 Å². The summed E-state index contributed by atoms with van der Waals surface area (Å²) in [5.74, 6) is 0. The van der Waals surface area contributed by atoms with Crippen molar-refractivity contribution in [3.63, 3.8) is 0 Å². The van der Waals surface area contributed by atoms with Gasteiger partial charge in [-0.3, -0.25) is 14.3 Å².